The van der Waals surface area contributed by atoms with Crippen molar-refractivity contribution in [2.45, 2.75) is 13.0 Å². The summed E-state index contributed by atoms with van der Waals surface area (Å²) in [5.74, 6) is 1.02. The summed E-state index contributed by atoms with van der Waals surface area (Å²) in [5.41, 5.74) is 0.602. The van der Waals surface area contributed by atoms with Crippen LogP contribution < -0.4 is 4.74 Å². The van der Waals surface area contributed by atoms with E-state index in [-0.39, 0.29) is 5.91 Å². The Morgan fingerprint density at radius 2 is 2.14 bits per heavy atom. The Morgan fingerprint density at radius 1 is 1.36 bits per heavy atom. The minimum atomic E-state index is 0.0344. The summed E-state index contributed by atoms with van der Waals surface area (Å²) < 4.78 is 10.3. The van der Waals surface area contributed by atoms with Crippen LogP contribution in [0.4, 0.5) is 0 Å². The van der Waals surface area contributed by atoms with Crippen molar-refractivity contribution in [1.82, 2.24) is 14.8 Å². The Balaban J connectivity index is 1.95. The highest BCUT2D eigenvalue weighted by Crippen LogP contribution is 2.22. The van der Waals surface area contributed by atoms with E-state index in [1.54, 1.807) is 25.4 Å². The maximum Gasteiger partial charge on any atom is 0.255 e. The third-order valence-electron chi connectivity index (χ3n) is 4.04. The van der Waals surface area contributed by atoms with Crippen molar-refractivity contribution in [2.75, 3.05) is 47.5 Å². The van der Waals surface area contributed by atoms with E-state index in [2.05, 4.69) is 30.9 Å². The van der Waals surface area contributed by atoms with Gasteiger partial charge in [0, 0.05) is 38.5 Å². The van der Waals surface area contributed by atoms with Crippen LogP contribution in [-0.4, -0.2) is 74.2 Å². The molecule has 0 radical (unpaired) electrons. The highest BCUT2D eigenvalue weighted by molar-refractivity contribution is 5.94. The van der Waals surface area contributed by atoms with E-state index in [1.807, 2.05) is 4.90 Å². The number of nitrogens with zero attached hydrogens (tertiary/aromatic N) is 3. The molecule has 1 fully saturated rings. The fourth-order valence-corrected chi connectivity index (χ4v) is 2.79. The SMILES string of the molecule is COCCOc1ccc(C(=O)N2C[C@H](C)[C@@H](N(C)C)C2)cn1. The normalized spacial score (nSPS) is 21.4. The highest BCUT2D eigenvalue weighted by Gasteiger charge is 2.33. The van der Waals surface area contributed by atoms with Crippen LogP contribution in [0.5, 0.6) is 5.88 Å². The molecule has 0 unspecified atom stereocenters. The van der Waals surface area contributed by atoms with Crippen LogP contribution in [0.1, 0.15) is 17.3 Å². The second-order valence-electron chi connectivity index (χ2n) is 5.94. The van der Waals surface area contributed by atoms with Crippen molar-refractivity contribution in [3.63, 3.8) is 0 Å². The summed E-state index contributed by atoms with van der Waals surface area (Å²) in [6.07, 6.45) is 1.58. The molecule has 0 aromatic carbocycles. The monoisotopic (exact) mass is 307 g/mol. The maximum absolute atomic E-state index is 12.5. The van der Waals surface area contributed by atoms with Crippen LogP contribution in [0, 0.1) is 5.92 Å². The van der Waals surface area contributed by atoms with E-state index in [1.165, 1.54) is 0 Å². The van der Waals surface area contributed by atoms with Gasteiger partial charge in [0.05, 0.1) is 12.2 Å². The largest absolute Gasteiger partial charge is 0.475 e. The smallest absolute Gasteiger partial charge is 0.255 e. The molecule has 0 aliphatic carbocycles. The van der Waals surface area contributed by atoms with Crippen molar-refractivity contribution in [3.05, 3.63) is 23.9 Å². The Kier molecular flexibility index (Phi) is 5.74. The topological polar surface area (TPSA) is 54.9 Å². The number of aromatic nitrogens is 1. The number of amides is 1. The zero-order valence-electron chi connectivity index (χ0n) is 13.8. The second-order valence-corrected chi connectivity index (χ2v) is 5.94. The van der Waals surface area contributed by atoms with E-state index in [4.69, 9.17) is 9.47 Å². The van der Waals surface area contributed by atoms with Crippen LogP contribution in [0.3, 0.4) is 0 Å². The van der Waals surface area contributed by atoms with E-state index in [0.717, 1.165) is 13.1 Å². The summed E-state index contributed by atoms with van der Waals surface area (Å²) in [4.78, 5) is 20.8. The van der Waals surface area contributed by atoms with Gasteiger partial charge < -0.3 is 19.3 Å². The van der Waals surface area contributed by atoms with Gasteiger partial charge in [0.1, 0.15) is 6.61 Å². The molecular weight excluding hydrogens is 282 g/mol. The number of carbonyl (C=O) groups excluding carboxylic acids is 1. The van der Waals surface area contributed by atoms with Gasteiger partial charge in [-0.1, -0.05) is 6.92 Å². The molecule has 0 bridgehead atoms. The van der Waals surface area contributed by atoms with E-state index in [9.17, 15) is 4.79 Å². The van der Waals surface area contributed by atoms with Gasteiger partial charge in [0.2, 0.25) is 5.88 Å². The van der Waals surface area contributed by atoms with E-state index >= 15 is 0 Å². The van der Waals surface area contributed by atoms with Crippen LogP contribution >= 0.6 is 0 Å². The molecule has 1 amide bonds. The lowest BCUT2D eigenvalue weighted by Gasteiger charge is -2.22. The summed E-state index contributed by atoms with van der Waals surface area (Å²) >= 11 is 0. The average Bonchev–Trinajstić information content (AvgIpc) is 2.90. The maximum atomic E-state index is 12.5. The average molecular weight is 307 g/mol. The Hall–Kier alpha value is -1.66. The summed E-state index contributed by atoms with van der Waals surface area (Å²) in [6.45, 7) is 4.70. The number of likely N-dealkylation sites (tertiary alicyclic amines) is 1. The lowest BCUT2D eigenvalue weighted by molar-refractivity contribution is 0.0781. The zero-order chi connectivity index (χ0) is 16.1. The molecule has 1 aliphatic rings. The third kappa shape index (κ3) is 3.96. The number of hydrogen-bond acceptors (Lipinski definition) is 5. The van der Waals surface area contributed by atoms with Gasteiger partial charge in [-0.3, -0.25) is 4.79 Å². The van der Waals surface area contributed by atoms with Crippen molar-refractivity contribution >= 4 is 5.91 Å². The molecule has 1 aromatic rings. The molecule has 2 atom stereocenters. The molecule has 0 saturated carbocycles. The molecule has 0 spiro atoms. The first-order chi connectivity index (χ1) is 10.5. The summed E-state index contributed by atoms with van der Waals surface area (Å²) in [6, 6.07) is 3.91. The molecular formula is C16H25N3O3. The van der Waals surface area contributed by atoms with Crippen molar-refractivity contribution in [2.24, 2.45) is 5.92 Å². The van der Waals surface area contributed by atoms with Gasteiger partial charge >= 0.3 is 0 Å². The Bertz CT molecular complexity index is 490. The number of methoxy groups -OCH3 is 1. The van der Waals surface area contributed by atoms with Crippen LogP contribution in [0.2, 0.25) is 0 Å². The number of hydrogen-bond donors (Lipinski definition) is 0. The van der Waals surface area contributed by atoms with Gasteiger partial charge in [0.15, 0.2) is 0 Å². The van der Waals surface area contributed by atoms with Gasteiger partial charge in [-0.05, 0) is 26.1 Å². The first kappa shape index (κ1) is 16.7. The number of ether oxygens (including phenoxy) is 2. The Labute approximate surface area is 132 Å². The molecule has 6 nitrogen and oxygen atoms in total. The van der Waals surface area contributed by atoms with Crippen LogP contribution in [0.25, 0.3) is 0 Å². The molecule has 1 saturated heterocycles. The first-order valence-electron chi connectivity index (χ1n) is 7.56. The first-order valence-corrected chi connectivity index (χ1v) is 7.56. The van der Waals surface area contributed by atoms with Crippen LogP contribution in [0.15, 0.2) is 18.3 Å². The third-order valence-corrected chi connectivity index (χ3v) is 4.04. The lowest BCUT2D eigenvalue weighted by atomic mass is 10.1. The minimum Gasteiger partial charge on any atom is -0.475 e. The van der Waals surface area contributed by atoms with Crippen molar-refractivity contribution in [1.29, 1.82) is 0 Å². The van der Waals surface area contributed by atoms with E-state index in [0.29, 0.717) is 36.6 Å². The molecule has 1 aliphatic heterocycles. The van der Waals surface area contributed by atoms with Gasteiger partial charge in [-0.15, -0.1) is 0 Å². The predicted molar refractivity (Wildman–Crippen MR) is 84.2 cm³/mol. The lowest BCUT2D eigenvalue weighted by Crippen LogP contribution is -2.35. The molecule has 6 heteroatoms. The summed E-state index contributed by atoms with van der Waals surface area (Å²) in [5, 5.41) is 0. The fraction of sp³-hybridized carbons (Fsp3) is 0.625. The van der Waals surface area contributed by atoms with E-state index < -0.39 is 0 Å². The number of rotatable bonds is 6. The summed E-state index contributed by atoms with van der Waals surface area (Å²) in [7, 11) is 5.74. The van der Waals surface area contributed by atoms with Crippen LogP contribution in [-0.2, 0) is 4.74 Å². The Morgan fingerprint density at radius 3 is 2.68 bits per heavy atom. The van der Waals surface area contributed by atoms with Gasteiger partial charge in [-0.2, -0.15) is 0 Å². The molecule has 122 valence electrons. The standard InChI is InChI=1S/C16H25N3O3/c1-12-10-19(11-14(12)18(2)3)16(20)13-5-6-15(17-9-13)22-8-7-21-4/h5-6,9,12,14H,7-8,10-11H2,1-4H3/t12-,14-/m0/s1. The minimum absolute atomic E-state index is 0.0344. The second kappa shape index (κ2) is 7.56. The molecule has 22 heavy (non-hydrogen) atoms. The van der Waals surface area contributed by atoms with Crippen molar-refractivity contribution in [3.8, 4) is 5.88 Å². The van der Waals surface area contributed by atoms with Crippen molar-refractivity contribution < 1.29 is 14.3 Å². The quantitative estimate of drug-likeness (QED) is 0.738. The molecule has 2 heterocycles. The molecule has 2 rings (SSSR count). The number of likely N-dealkylation sites (N-methyl/N-ethyl adjacent to an activating group) is 1. The fourth-order valence-electron chi connectivity index (χ4n) is 2.79. The molecule has 1 aromatic heterocycles. The zero-order valence-corrected chi connectivity index (χ0v) is 13.8. The van der Waals surface area contributed by atoms with Gasteiger partial charge in [0.25, 0.3) is 5.91 Å². The molecule has 0 N–H and O–H groups in total. The number of pyridine rings is 1. The highest BCUT2D eigenvalue weighted by atomic mass is 16.5. The predicted octanol–water partition coefficient (Wildman–Crippen LogP) is 1.13. The number of carbonyl (C=O) groups is 1. The van der Waals surface area contributed by atoms with Gasteiger partial charge in [-0.25, -0.2) is 4.98 Å².